The van der Waals surface area contributed by atoms with Gasteiger partial charge in [0.15, 0.2) is 0 Å². The highest BCUT2D eigenvalue weighted by atomic mass is 19.1. The van der Waals surface area contributed by atoms with Crippen LogP contribution in [0.2, 0.25) is 0 Å². The van der Waals surface area contributed by atoms with Gasteiger partial charge in [-0.1, -0.05) is 54.6 Å². The summed E-state index contributed by atoms with van der Waals surface area (Å²) in [6.07, 6.45) is 0.676. The fourth-order valence-corrected chi connectivity index (χ4v) is 4.16. The first-order valence-electron chi connectivity index (χ1n) is 12.5. The molecule has 0 aliphatic carbocycles. The van der Waals surface area contributed by atoms with E-state index in [9.17, 15) is 14.0 Å². The second-order valence-electron chi connectivity index (χ2n) is 9.75. The highest BCUT2D eigenvalue weighted by Crippen LogP contribution is 2.29. The number of ether oxygens (including phenoxy) is 1. The molecule has 1 atom stereocenters. The van der Waals surface area contributed by atoms with Gasteiger partial charge in [-0.05, 0) is 56.2 Å². The van der Waals surface area contributed by atoms with Gasteiger partial charge in [0.2, 0.25) is 11.8 Å². The van der Waals surface area contributed by atoms with Crippen LogP contribution >= 0.6 is 0 Å². The van der Waals surface area contributed by atoms with Crippen LogP contribution in [-0.4, -0.2) is 44.4 Å². The quantitative estimate of drug-likeness (QED) is 0.331. The average Bonchev–Trinajstić information content (AvgIpc) is 3.32. The summed E-state index contributed by atoms with van der Waals surface area (Å²) >= 11 is 0. The number of carbonyl (C=O) groups is 2. The summed E-state index contributed by atoms with van der Waals surface area (Å²) in [6.45, 7) is 5.50. The molecular weight excluding hydrogens is 485 g/mol. The molecule has 0 unspecified atom stereocenters. The molecule has 0 saturated carbocycles. The zero-order valence-corrected chi connectivity index (χ0v) is 22.0. The third kappa shape index (κ3) is 5.99. The summed E-state index contributed by atoms with van der Waals surface area (Å²) in [6, 6.07) is 19.5. The predicted molar refractivity (Wildman–Crippen MR) is 143 cm³/mol. The molecule has 3 aromatic carbocycles. The molecule has 1 aromatic heterocycles. The third-order valence-corrected chi connectivity index (χ3v) is 6.64. The Kier molecular flexibility index (Phi) is 8.05. The minimum atomic E-state index is -1.06. The van der Waals surface area contributed by atoms with Crippen LogP contribution in [0.5, 0.6) is 5.75 Å². The van der Waals surface area contributed by atoms with Crippen LogP contribution in [0.4, 0.5) is 4.39 Å². The van der Waals surface area contributed by atoms with Crippen molar-refractivity contribution in [2.75, 3.05) is 7.11 Å². The number of nitrogens with zero attached hydrogens (tertiary/aromatic N) is 4. The Morgan fingerprint density at radius 1 is 1.08 bits per heavy atom. The van der Waals surface area contributed by atoms with E-state index in [2.05, 4.69) is 15.6 Å². The first-order valence-corrected chi connectivity index (χ1v) is 12.5. The lowest BCUT2D eigenvalue weighted by atomic mass is 9.98. The second-order valence-corrected chi connectivity index (χ2v) is 9.75. The lowest BCUT2D eigenvalue weighted by molar-refractivity contribution is -0.143. The number of methoxy groups -OCH3 is 1. The molecule has 0 aliphatic rings. The minimum Gasteiger partial charge on any atom is -0.497 e. The van der Waals surface area contributed by atoms with E-state index in [1.165, 1.54) is 22.8 Å². The number of carbonyl (C=O) groups excluding carboxylic acids is 2. The SMILES string of the molecule is CCC(C)(C)NC(=O)[C@H](c1cccc(OC)c1)N(Cc1ccccc1F)C(=O)Cn1nnc2ccccc21. The Hall–Kier alpha value is -4.27. The zero-order valence-electron chi connectivity index (χ0n) is 22.0. The molecule has 0 spiro atoms. The molecule has 38 heavy (non-hydrogen) atoms. The van der Waals surface area contributed by atoms with Crippen molar-refractivity contribution in [2.24, 2.45) is 0 Å². The van der Waals surface area contributed by atoms with E-state index in [0.717, 1.165) is 0 Å². The smallest absolute Gasteiger partial charge is 0.247 e. The number of hydrogen-bond donors (Lipinski definition) is 1. The largest absolute Gasteiger partial charge is 0.497 e. The van der Waals surface area contributed by atoms with Crippen LogP contribution in [0.15, 0.2) is 72.8 Å². The van der Waals surface area contributed by atoms with E-state index in [-0.39, 0.29) is 19.0 Å². The number of rotatable bonds is 10. The highest BCUT2D eigenvalue weighted by molar-refractivity contribution is 5.89. The van der Waals surface area contributed by atoms with Crippen LogP contribution in [0.3, 0.4) is 0 Å². The van der Waals surface area contributed by atoms with Gasteiger partial charge in [0.05, 0.1) is 12.6 Å². The number of aromatic nitrogens is 3. The number of halogens is 1. The van der Waals surface area contributed by atoms with Crippen molar-refractivity contribution < 1.29 is 18.7 Å². The third-order valence-electron chi connectivity index (χ3n) is 6.64. The molecule has 198 valence electrons. The molecule has 0 saturated heterocycles. The lowest BCUT2D eigenvalue weighted by Crippen LogP contribution is -2.50. The second kappa shape index (κ2) is 11.4. The maximum absolute atomic E-state index is 14.8. The maximum Gasteiger partial charge on any atom is 0.247 e. The molecular formula is C29H32FN5O3. The molecule has 8 nitrogen and oxygen atoms in total. The molecule has 0 aliphatic heterocycles. The van der Waals surface area contributed by atoms with Gasteiger partial charge in [-0.25, -0.2) is 9.07 Å². The molecule has 2 amide bonds. The number of nitrogens with one attached hydrogen (secondary N) is 1. The standard InChI is InChI=1S/C29H32FN5O3/c1-5-29(2,3)31-28(37)27(20-12-10-13-22(17-20)38-4)34(18-21-11-6-7-14-23(21)30)26(36)19-35-25-16-9-8-15-24(25)32-33-35/h6-17,27H,5,18-19H2,1-4H3,(H,31,37)/t27-/m0/s1. The van der Waals surface area contributed by atoms with Crippen LogP contribution in [0, 0.1) is 5.82 Å². The Morgan fingerprint density at radius 2 is 1.82 bits per heavy atom. The number of amides is 2. The number of fused-ring (bicyclic) bond motifs is 1. The van der Waals surface area contributed by atoms with Gasteiger partial charge >= 0.3 is 0 Å². The summed E-state index contributed by atoms with van der Waals surface area (Å²) < 4.78 is 21.7. The fraction of sp³-hybridized carbons (Fsp3) is 0.310. The van der Waals surface area contributed by atoms with Gasteiger partial charge in [-0.15, -0.1) is 5.10 Å². The zero-order chi connectivity index (χ0) is 27.3. The molecule has 4 aromatic rings. The molecule has 0 bridgehead atoms. The van der Waals surface area contributed by atoms with Gasteiger partial charge in [-0.3, -0.25) is 9.59 Å². The number of benzene rings is 3. The van der Waals surface area contributed by atoms with Crippen molar-refractivity contribution in [3.05, 3.63) is 89.7 Å². The van der Waals surface area contributed by atoms with Crippen molar-refractivity contribution in [2.45, 2.75) is 51.9 Å². The monoisotopic (exact) mass is 517 g/mol. The molecule has 0 radical (unpaired) electrons. The van der Waals surface area contributed by atoms with Crippen molar-refractivity contribution in [1.29, 1.82) is 0 Å². The van der Waals surface area contributed by atoms with E-state index in [1.807, 2.05) is 39.0 Å². The molecule has 4 rings (SSSR count). The predicted octanol–water partition coefficient (Wildman–Crippen LogP) is 4.65. The van der Waals surface area contributed by atoms with Crippen LogP contribution in [-0.2, 0) is 22.7 Å². The van der Waals surface area contributed by atoms with E-state index < -0.39 is 23.3 Å². The van der Waals surface area contributed by atoms with Gasteiger partial charge in [0, 0.05) is 17.6 Å². The molecule has 0 fully saturated rings. The summed E-state index contributed by atoms with van der Waals surface area (Å²) in [5, 5.41) is 11.3. The summed E-state index contributed by atoms with van der Waals surface area (Å²) in [5.41, 5.74) is 1.64. The van der Waals surface area contributed by atoms with Gasteiger partial charge in [0.1, 0.15) is 29.7 Å². The van der Waals surface area contributed by atoms with Crippen LogP contribution in [0.25, 0.3) is 11.0 Å². The normalized spacial score (nSPS) is 12.2. The molecule has 1 N–H and O–H groups in total. The summed E-state index contributed by atoms with van der Waals surface area (Å²) in [7, 11) is 1.53. The fourth-order valence-electron chi connectivity index (χ4n) is 4.16. The van der Waals surface area contributed by atoms with Gasteiger partial charge in [-0.2, -0.15) is 0 Å². The van der Waals surface area contributed by atoms with Crippen molar-refractivity contribution in [1.82, 2.24) is 25.2 Å². The first-order chi connectivity index (χ1) is 18.2. The van der Waals surface area contributed by atoms with Gasteiger partial charge in [0.25, 0.3) is 0 Å². The molecule has 9 heteroatoms. The highest BCUT2D eigenvalue weighted by Gasteiger charge is 2.35. The Morgan fingerprint density at radius 3 is 2.55 bits per heavy atom. The minimum absolute atomic E-state index is 0.125. The van der Waals surface area contributed by atoms with E-state index in [0.29, 0.717) is 34.3 Å². The topological polar surface area (TPSA) is 89.4 Å². The van der Waals surface area contributed by atoms with Gasteiger partial charge < -0.3 is 15.0 Å². The summed E-state index contributed by atoms with van der Waals surface area (Å²) in [5.74, 6) is -0.717. The van der Waals surface area contributed by atoms with Crippen molar-refractivity contribution in [3.8, 4) is 5.75 Å². The Balaban J connectivity index is 1.80. The van der Waals surface area contributed by atoms with Crippen molar-refractivity contribution in [3.63, 3.8) is 0 Å². The Labute approximate surface area is 221 Å². The Bertz CT molecular complexity index is 1430. The lowest BCUT2D eigenvalue weighted by Gasteiger charge is -2.35. The van der Waals surface area contributed by atoms with Crippen molar-refractivity contribution >= 4 is 22.8 Å². The molecule has 1 heterocycles. The first kappa shape index (κ1) is 26.8. The number of hydrogen-bond acceptors (Lipinski definition) is 5. The maximum atomic E-state index is 14.8. The van der Waals surface area contributed by atoms with Crippen LogP contribution < -0.4 is 10.1 Å². The van der Waals surface area contributed by atoms with E-state index in [4.69, 9.17) is 4.74 Å². The average molecular weight is 518 g/mol. The number of para-hydroxylation sites is 1. The van der Waals surface area contributed by atoms with Crippen LogP contribution in [0.1, 0.15) is 44.4 Å². The van der Waals surface area contributed by atoms with E-state index >= 15 is 0 Å². The summed E-state index contributed by atoms with van der Waals surface area (Å²) in [4.78, 5) is 29.3. The van der Waals surface area contributed by atoms with E-state index in [1.54, 1.807) is 48.5 Å².